The van der Waals surface area contributed by atoms with E-state index >= 15 is 0 Å². The second-order valence-corrected chi connectivity index (χ2v) is 5.98. The monoisotopic (exact) mass is 370 g/mol. The molecule has 0 radical (unpaired) electrons. The molecule has 4 nitrogen and oxygen atoms in total. The van der Waals surface area contributed by atoms with Gasteiger partial charge in [-0.1, -0.05) is 54.1 Å². The summed E-state index contributed by atoms with van der Waals surface area (Å²) in [6, 6.07) is 18.6. The molecule has 0 atom stereocenters. The molecule has 1 amide bonds. The second kappa shape index (κ2) is 8.45. The molecule has 0 bridgehead atoms. The van der Waals surface area contributed by atoms with Crippen LogP contribution in [0.2, 0.25) is 5.15 Å². The van der Waals surface area contributed by atoms with E-state index in [9.17, 15) is 9.18 Å². The lowest BCUT2D eigenvalue weighted by atomic mass is 10.2. The summed E-state index contributed by atoms with van der Waals surface area (Å²) >= 11 is 5.95. The van der Waals surface area contributed by atoms with Gasteiger partial charge in [-0.25, -0.2) is 14.2 Å². The topological polar surface area (TPSA) is 42.4 Å². The fraction of sp³-hybridized carbons (Fsp3) is 0.100. The normalized spacial score (nSPS) is 10.4. The summed E-state index contributed by atoms with van der Waals surface area (Å²) in [5, 5.41) is 0.266. The minimum absolute atomic E-state index is 0.151. The molecular weight excluding hydrogens is 355 g/mol. The van der Waals surface area contributed by atoms with Crippen LogP contribution >= 0.6 is 11.6 Å². The highest BCUT2D eigenvalue weighted by atomic mass is 35.5. The van der Waals surface area contributed by atoms with Crippen LogP contribution < -0.4 is 4.90 Å². The average Bonchev–Trinajstić information content (AvgIpc) is 2.66. The van der Waals surface area contributed by atoms with Crippen molar-refractivity contribution in [2.75, 3.05) is 4.90 Å². The Hall–Kier alpha value is -2.92. The molecule has 1 aromatic heterocycles. The van der Waals surface area contributed by atoms with E-state index in [0.717, 1.165) is 11.1 Å². The first-order valence-electron chi connectivity index (χ1n) is 7.96. The molecule has 3 rings (SSSR count). The first-order valence-corrected chi connectivity index (χ1v) is 8.34. The van der Waals surface area contributed by atoms with Crippen LogP contribution in [0.5, 0.6) is 0 Å². The van der Waals surface area contributed by atoms with Gasteiger partial charge in [0, 0.05) is 6.20 Å². The van der Waals surface area contributed by atoms with Gasteiger partial charge in [0.1, 0.15) is 17.6 Å². The zero-order valence-corrected chi connectivity index (χ0v) is 14.6. The van der Waals surface area contributed by atoms with E-state index in [1.807, 2.05) is 30.3 Å². The van der Waals surface area contributed by atoms with Gasteiger partial charge in [-0.15, -0.1) is 0 Å². The van der Waals surface area contributed by atoms with Gasteiger partial charge in [-0.3, -0.25) is 4.90 Å². The Morgan fingerprint density at radius 1 is 1.04 bits per heavy atom. The van der Waals surface area contributed by atoms with E-state index in [1.165, 1.54) is 23.2 Å². The van der Waals surface area contributed by atoms with Crippen LogP contribution in [0.25, 0.3) is 0 Å². The van der Waals surface area contributed by atoms with Crippen LogP contribution in [0.1, 0.15) is 11.1 Å². The van der Waals surface area contributed by atoms with E-state index in [4.69, 9.17) is 16.3 Å². The Balaban J connectivity index is 1.79. The number of hydrogen-bond donors (Lipinski definition) is 0. The second-order valence-electron chi connectivity index (χ2n) is 5.59. The third kappa shape index (κ3) is 4.80. The molecule has 1 heterocycles. The lowest BCUT2D eigenvalue weighted by Crippen LogP contribution is -2.31. The van der Waals surface area contributed by atoms with Crippen molar-refractivity contribution in [3.8, 4) is 0 Å². The first-order chi connectivity index (χ1) is 12.6. The predicted molar refractivity (Wildman–Crippen MR) is 98.5 cm³/mol. The zero-order valence-electron chi connectivity index (χ0n) is 13.8. The number of pyridine rings is 1. The van der Waals surface area contributed by atoms with E-state index in [2.05, 4.69) is 4.98 Å². The third-order valence-electron chi connectivity index (χ3n) is 3.70. The SMILES string of the molecule is O=C(OCc1ccccc1)N(Cc1ccc(F)cc1)c1ccnc(Cl)c1. The molecule has 26 heavy (non-hydrogen) atoms. The summed E-state index contributed by atoms with van der Waals surface area (Å²) in [5.74, 6) is -0.334. The van der Waals surface area contributed by atoms with Gasteiger partial charge in [-0.2, -0.15) is 0 Å². The van der Waals surface area contributed by atoms with Crippen molar-refractivity contribution in [2.45, 2.75) is 13.2 Å². The Labute approximate surface area is 155 Å². The van der Waals surface area contributed by atoms with Crippen molar-refractivity contribution in [3.63, 3.8) is 0 Å². The molecule has 6 heteroatoms. The number of benzene rings is 2. The van der Waals surface area contributed by atoms with Gasteiger partial charge in [0.05, 0.1) is 12.2 Å². The molecule has 0 saturated carbocycles. The van der Waals surface area contributed by atoms with E-state index in [-0.39, 0.29) is 24.1 Å². The fourth-order valence-corrected chi connectivity index (χ4v) is 2.56. The van der Waals surface area contributed by atoms with Crippen LogP contribution in [-0.4, -0.2) is 11.1 Å². The Kier molecular flexibility index (Phi) is 5.81. The predicted octanol–water partition coefficient (Wildman–Crippen LogP) is 5.22. The molecule has 0 aliphatic rings. The standard InChI is InChI=1S/C20H16ClFN2O2/c21-19-12-18(10-11-23-19)24(13-15-6-8-17(22)9-7-15)20(25)26-14-16-4-2-1-3-5-16/h1-12H,13-14H2. The number of halogens is 2. The van der Waals surface area contributed by atoms with Gasteiger partial charge in [0.25, 0.3) is 0 Å². The highest BCUT2D eigenvalue weighted by Gasteiger charge is 2.18. The number of rotatable bonds is 5. The summed E-state index contributed by atoms with van der Waals surface area (Å²) in [4.78, 5) is 18.0. The number of aromatic nitrogens is 1. The van der Waals surface area contributed by atoms with Crippen LogP contribution in [0.4, 0.5) is 14.9 Å². The van der Waals surface area contributed by atoms with E-state index in [1.54, 1.807) is 24.3 Å². The maximum atomic E-state index is 13.1. The summed E-state index contributed by atoms with van der Waals surface area (Å²) < 4.78 is 18.6. The first kappa shape index (κ1) is 17.9. The number of carbonyl (C=O) groups is 1. The molecule has 0 aliphatic carbocycles. The molecule has 0 saturated heterocycles. The summed E-state index contributed by atoms with van der Waals surface area (Å²) in [5.41, 5.74) is 2.19. The van der Waals surface area contributed by atoms with E-state index in [0.29, 0.717) is 5.69 Å². The Morgan fingerprint density at radius 2 is 1.77 bits per heavy atom. The number of hydrogen-bond acceptors (Lipinski definition) is 3. The van der Waals surface area contributed by atoms with Crippen molar-refractivity contribution in [1.29, 1.82) is 0 Å². The summed E-state index contributed by atoms with van der Waals surface area (Å²) in [7, 11) is 0. The van der Waals surface area contributed by atoms with Gasteiger partial charge < -0.3 is 4.74 Å². The van der Waals surface area contributed by atoms with Crippen LogP contribution in [0, 0.1) is 5.82 Å². The molecule has 0 unspecified atom stereocenters. The van der Waals surface area contributed by atoms with Crippen LogP contribution in [0.15, 0.2) is 72.9 Å². The van der Waals surface area contributed by atoms with Crippen LogP contribution in [0.3, 0.4) is 0 Å². The van der Waals surface area contributed by atoms with Crippen molar-refractivity contribution < 1.29 is 13.9 Å². The Bertz CT molecular complexity index is 872. The molecule has 3 aromatic rings. The molecule has 0 aliphatic heterocycles. The summed E-state index contributed by atoms with van der Waals surface area (Å²) in [6.07, 6.45) is 0.986. The van der Waals surface area contributed by atoms with Gasteiger partial charge in [-0.05, 0) is 35.4 Å². The molecule has 0 N–H and O–H groups in total. The molecule has 0 spiro atoms. The van der Waals surface area contributed by atoms with Crippen LogP contribution in [-0.2, 0) is 17.9 Å². The highest BCUT2D eigenvalue weighted by molar-refractivity contribution is 6.29. The molecule has 2 aromatic carbocycles. The largest absolute Gasteiger partial charge is 0.444 e. The fourth-order valence-electron chi connectivity index (χ4n) is 2.39. The van der Waals surface area contributed by atoms with Gasteiger partial charge in [0.2, 0.25) is 0 Å². The van der Waals surface area contributed by atoms with Gasteiger partial charge >= 0.3 is 6.09 Å². The smallest absolute Gasteiger partial charge is 0.414 e. The van der Waals surface area contributed by atoms with Crippen molar-refractivity contribution >= 4 is 23.4 Å². The lowest BCUT2D eigenvalue weighted by Gasteiger charge is -2.22. The van der Waals surface area contributed by atoms with Crippen molar-refractivity contribution in [3.05, 3.63) is 95.0 Å². The molecular formula is C20H16ClFN2O2. The van der Waals surface area contributed by atoms with Crippen molar-refractivity contribution in [2.24, 2.45) is 0 Å². The number of ether oxygens (including phenoxy) is 1. The number of carbonyl (C=O) groups excluding carboxylic acids is 1. The zero-order chi connectivity index (χ0) is 18.4. The molecule has 132 valence electrons. The average molecular weight is 371 g/mol. The maximum Gasteiger partial charge on any atom is 0.414 e. The number of anilines is 1. The maximum absolute atomic E-state index is 13.1. The number of nitrogens with zero attached hydrogens (tertiary/aromatic N) is 2. The summed E-state index contributed by atoms with van der Waals surface area (Å²) in [6.45, 7) is 0.368. The minimum Gasteiger partial charge on any atom is -0.444 e. The third-order valence-corrected chi connectivity index (χ3v) is 3.91. The molecule has 0 fully saturated rings. The number of amides is 1. The minimum atomic E-state index is -0.527. The lowest BCUT2D eigenvalue weighted by molar-refractivity contribution is 0.146. The van der Waals surface area contributed by atoms with Crippen molar-refractivity contribution in [1.82, 2.24) is 4.98 Å². The quantitative estimate of drug-likeness (QED) is 0.578. The Morgan fingerprint density at radius 3 is 2.46 bits per heavy atom. The van der Waals surface area contributed by atoms with Gasteiger partial charge in [0.15, 0.2) is 0 Å². The highest BCUT2D eigenvalue weighted by Crippen LogP contribution is 2.21. The van der Waals surface area contributed by atoms with E-state index < -0.39 is 6.09 Å².